The third kappa shape index (κ3) is 2.65. The third-order valence-electron chi connectivity index (χ3n) is 1.09. The van der Waals surface area contributed by atoms with Crippen LogP contribution in [0.15, 0.2) is 29.2 Å². The minimum atomic E-state index is -4.65. The van der Waals surface area contributed by atoms with Crippen LogP contribution in [0, 0.1) is 0 Å². The van der Waals surface area contributed by atoms with Gasteiger partial charge in [-0.25, -0.2) is 0 Å². The van der Waals surface area contributed by atoms with Crippen molar-refractivity contribution in [1.82, 2.24) is 0 Å². The number of benzene rings is 1. The largest absolute Gasteiger partial charge is 0.573 e. The van der Waals surface area contributed by atoms with Crippen molar-refractivity contribution in [3.8, 4) is 5.75 Å². The Morgan fingerprint density at radius 2 is 1.75 bits per heavy atom. The molecule has 1 nitrogen and oxygen atoms in total. The van der Waals surface area contributed by atoms with Crippen molar-refractivity contribution in [1.29, 1.82) is 0 Å². The van der Waals surface area contributed by atoms with Crippen molar-refractivity contribution < 1.29 is 17.9 Å². The van der Waals surface area contributed by atoms with Crippen LogP contribution < -0.4 is 4.74 Å². The van der Waals surface area contributed by atoms with E-state index in [1.807, 2.05) is 0 Å². The van der Waals surface area contributed by atoms with Gasteiger partial charge in [-0.1, -0.05) is 12.1 Å². The molecule has 66 valence electrons. The van der Waals surface area contributed by atoms with E-state index >= 15 is 0 Å². The summed E-state index contributed by atoms with van der Waals surface area (Å²) >= 11 is 3.78. The summed E-state index contributed by atoms with van der Waals surface area (Å²) in [6, 6.07) is 5.65. The average molecular weight is 194 g/mol. The van der Waals surface area contributed by atoms with Gasteiger partial charge in [-0.15, -0.1) is 25.8 Å². The molecule has 0 unspecified atom stereocenters. The number of hydrogen-bond donors (Lipinski definition) is 1. The monoisotopic (exact) mass is 194 g/mol. The number of alkyl halides is 3. The molecule has 5 heteroatoms. The molecule has 1 aromatic carbocycles. The van der Waals surface area contributed by atoms with Gasteiger partial charge in [0, 0.05) is 4.90 Å². The Morgan fingerprint density at radius 1 is 1.17 bits per heavy atom. The Bertz CT molecular complexity index is 272. The standard InChI is InChI=1S/C7H5F3OS/c8-7(9,10)11-5-3-1-2-4-6(5)12/h1-4,12H. The van der Waals surface area contributed by atoms with Crippen molar-refractivity contribution in [2.24, 2.45) is 0 Å². The molecule has 0 saturated carbocycles. The predicted octanol–water partition coefficient (Wildman–Crippen LogP) is 2.87. The fourth-order valence-electron chi connectivity index (χ4n) is 0.668. The maximum Gasteiger partial charge on any atom is 0.573 e. The first-order valence-corrected chi connectivity index (χ1v) is 3.47. The zero-order valence-electron chi connectivity index (χ0n) is 5.80. The number of ether oxygens (including phenoxy) is 1. The molecule has 0 radical (unpaired) electrons. The Labute approximate surface area is 72.6 Å². The van der Waals surface area contributed by atoms with Crippen molar-refractivity contribution in [3.63, 3.8) is 0 Å². The van der Waals surface area contributed by atoms with Gasteiger partial charge < -0.3 is 4.74 Å². The van der Waals surface area contributed by atoms with Gasteiger partial charge in [-0.2, -0.15) is 0 Å². The lowest BCUT2D eigenvalue weighted by molar-refractivity contribution is -0.275. The Kier molecular flexibility index (Phi) is 2.52. The first kappa shape index (κ1) is 9.25. The maximum absolute atomic E-state index is 11.7. The van der Waals surface area contributed by atoms with Crippen molar-refractivity contribution in [2.45, 2.75) is 11.3 Å². The summed E-state index contributed by atoms with van der Waals surface area (Å²) in [6.45, 7) is 0. The van der Waals surface area contributed by atoms with E-state index in [4.69, 9.17) is 0 Å². The van der Waals surface area contributed by atoms with Crippen LogP contribution in [-0.2, 0) is 0 Å². The van der Waals surface area contributed by atoms with Gasteiger partial charge in [-0.05, 0) is 12.1 Å². The molecule has 12 heavy (non-hydrogen) atoms. The zero-order chi connectivity index (χ0) is 9.19. The van der Waals surface area contributed by atoms with Crippen LogP contribution >= 0.6 is 12.6 Å². The molecule has 0 atom stereocenters. The molecule has 0 aliphatic rings. The van der Waals surface area contributed by atoms with Crippen LogP contribution in [0.4, 0.5) is 13.2 Å². The second-order valence-electron chi connectivity index (χ2n) is 2.02. The van der Waals surface area contributed by atoms with Gasteiger partial charge in [0.05, 0.1) is 0 Å². The van der Waals surface area contributed by atoms with Crippen LogP contribution in [0.5, 0.6) is 5.75 Å². The maximum atomic E-state index is 11.7. The van der Waals surface area contributed by atoms with Crippen molar-refractivity contribution in [2.75, 3.05) is 0 Å². The van der Waals surface area contributed by atoms with E-state index in [0.29, 0.717) is 0 Å². The lowest BCUT2D eigenvalue weighted by Crippen LogP contribution is -2.17. The summed E-state index contributed by atoms with van der Waals surface area (Å²) in [5.74, 6) is -0.284. The number of hydrogen-bond acceptors (Lipinski definition) is 2. The van der Waals surface area contributed by atoms with Crippen LogP contribution in [0.2, 0.25) is 0 Å². The van der Waals surface area contributed by atoms with Crippen LogP contribution in [0.1, 0.15) is 0 Å². The van der Waals surface area contributed by atoms with E-state index in [1.54, 1.807) is 6.07 Å². The van der Waals surface area contributed by atoms with Gasteiger partial charge >= 0.3 is 6.36 Å². The van der Waals surface area contributed by atoms with E-state index < -0.39 is 6.36 Å². The molecule has 0 aliphatic carbocycles. The lowest BCUT2D eigenvalue weighted by atomic mass is 10.3. The molecule has 1 aromatic rings. The molecule has 0 N–H and O–H groups in total. The molecule has 0 fully saturated rings. The molecular formula is C7H5F3OS. The van der Waals surface area contributed by atoms with Gasteiger partial charge in [0.1, 0.15) is 5.75 Å². The fourth-order valence-corrected chi connectivity index (χ4v) is 0.874. The normalized spacial score (nSPS) is 11.3. The zero-order valence-corrected chi connectivity index (χ0v) is 6.69. The topological polar surface area (TPSA) is 9.23 Å². The predicted molar refractivity (Wildman–Crippen MR) is 40.4 cm³/mol. The summed E-state index contributed by atoms with van der Waals surface area (Å²) in [7, 11) is 0. The second kappa shape index (κ2) is 3.26. The Morgan fingerprint density at radius 3 is 2.25 bits per heavy atom. The summed E-state index contributed by atoms with van der Waals surface area (Å²) in [5, 5.41) is 0. The number of thiol groups is 1. The van der Waals surface area contributed by atoms with Crippen LogP contribution in [0.3, 0.4) is 0 Å². The highest BCUT2D eigenvalue weighted by Gasteiger charge is 2.31. The van der Waals surface area contributed by atoms with Gasteiger partial charge in [-0.3, -0.25) is 0 Å². The lowest BCUT2D eigenvalue weighted by Gasteiger charge is -2.09. The minimum Gasteiger partial charge on any atom is -0.405 e. The van der Waals surface area contributed by atoms with E-state index in [9.17, 15) is 13.2 Å². The van der Waals surface area contributed by atoms with E-state index in [-0.39, 0.29) is 10.6 Å². The second-order valence-corrected chi connectivity index (χ2v) is 2.50. The van der Waals surface area contributed by atoms with Gasteiger partial charge in [0.15, 0.2) is 0 Å². The highest BCUT2D eigenvalue weighted by Crippen LogP contribution is 2.27. The molecule has 0 heterocycles. The van der Waals surface area contributed by atoms with E-state index in [1.165, 1.54) is 18.2 Å². The molecule has 0 aromatic heterocycles. The van der Waals surface area contributed by atoms with Crippen LogP contribution in [0.25, 0.3) is 0 Å². The summed E-state index contributed by atoms with van der Waals surface area (Å²) < 4.78 is 38.7. The summed E-state index contributed by atoms with van der Waals surface area (Å²) in [6.07, 6.45) is -4.65. The van der Waals surface area contributed by atoms with E-state index in [2.05, 4.69) is 17.4 Å². The van der Waals surface area contributed by atoms with Crippen molar-refractivity contribution >= 4 is 12.6 Å². The first-order valence-electron chi connectivity index (χ1n) is 3.03. The fraction of sp³-hybridized carbons (Fsp3) is 0.143. The summed E-state index contributed by atoms with van der Waals surface area (Å²) in [4.78, 5) is 0.162. The Balaban J connectivity index is 2.83. The molecular weight excluding hydrogens is 189 g/mol. The highest BCUT2D eigenvalue weighted by molar-refractivity contribution is 7.80. The molecule has 0 spiro atoms. The number of halogens is 3. The Hall–Kier alpha value is -0.840. The SMILES string of the molecule is FC(F)(F)Oc1ccccc1S. The summed E-state index contributed by atoms with van der Waals surface area (Å²) in [5.41, 5.74) is 0. The van der Waals surface area contributed by atoms with Crippen molar-refractivity contribution in [3.05, 3.63) is 24.3 Å². The number of para-hydroxylation sites is 1. The smallest absolute Gasteiger partial charge is 0.405 e. The first-order chi connectivity index (χ1) is 5.49. The average Bonchev–Trinajstić information content (AvgIpc) is 1.91. The molecule has 0 saturated heterocycles. The van der Waals surface area contributed by atoms with E-state index in [0.717, 1.165) is 0 Å². The third-order valence-corrected chi connectivity index (χ3v) is 1.46. The molecule has 1 rings (SSSR count). The minimum absolute atomic E-state index is 0.162. The molecule has 0 aliphatic heterocycles. The van der Waals surface area contributed by atoms with Gasteiger partial charge in [0.2, 0.25) is 0 Å². The quantitative estimate of drug-likeness (QED) is 0.676. The van der Waals surface area contributed by atoms with Gasteiger partial charge in [0.25, 0.3) is 0 Å². The molecule has 0 amide bonds. The number of rotatable bonds is 1. The highest BCUT2D eigenvalue weighted by atomic mass is 32.1. The van der Waals surface area contributed by atoms with Crippen LogP contribution in [-0.4, -0.2) is 6.36 Å². The molecule has 0 bridgehead atoms.